The predicted octanol–water partition coefficient (Wildman–Crippen LogP) is 3.09. The first-order valence-corrected chi connectivity index (χ1v) is 8.75. The molecule has 26 heavy (non-hydrogen) atoms. The first kappa shape index (κ1) is 16.5. The summed E-state index contributed by atoms with van der Waals surface area (Å²) in [4.78, 5) is 19.3. The van der Waals surface area contributed by atoms with Gasteiger partial charge in [0.15, 0.2) is 0 Å². The van der Waals surface area contributed by atoms with Crippen molar-refractivity contribution in [3.8, 4) is 5.69 Å². The molecule has 132 valence electrons. The van der Waals surface area contributed by atoms with Gasteiger partial charge in [-0.05, 0) is 43.2 Å². The lowest BCUT2D eigenvalue weighted by atomic mass is 10.1. The van der Waals surface area contributed by atoms with Crippen molar-refractivity contribution < 1.29 is 9.53 Å². The van der Waals surface area contributed by atoms with E-state index in [2.05, 4.69) is 10.1 Å². The van der Waals surface area contributed by atoms with Crippen molar-refractivity contribution in [3.05, 3.63) is 72.8 Å². The minimum atomic E-state index is -0.0715. The summed E-state index contributed by atoms with van der Waals surface area (Å²) in [5.74, 6) is -0.0715. The fraction of sp³-hybridized carbons (Fsp3) is 0.250. The highest BCUT2D eigenvalue weighted by Gasteiger charge is 2.26. The van der Waals surface area contributed by atoms with Gasteiger partial charge in [-0.3, -0.25) is 9.78 Å². The Kier molecular flexibility index (Phi) is 4.75. The summed E-state index contributed by atoms with van der Waals surface area (Å²) in [6, 6.07) is 13.1. The summed E-state index contributed by atoms with van der Waals surface area (Å²) < 4.78 is 7.48. The molecule has 2 aromatic heterocycles. The molecular weight excluding hydrogens is 328 g/mol. The van der Waals surface area contributed by atoms with Gasteiger partial charge in [-0.15, -0.1) is 0 Å². The molecule has 3 heterocycles. The number of hydrogen-bond donors (Lipinski definition) is 0. The average molecular weight is 348 g/mol. The quantitative estimate of drug-likeness (QED) is 0.711. The molecule has 4 rings (SSSR count). The Balaban J connectivity index is 1.71. The Morgan fingerprint density at radius 1 is 1.15 bits per heavy atom. The number of hydrogen-bond acceptors (Lipinski definition) is 4. The highest BCUT2D eigenvalue weighted by molar-refractivity contribution is 6.08. The van der Waals surface area contributed by atoms with Crippen LogP contribution >= 0.6 is 0 Å². The number of anilines is 1. The smallest absolute Gasteiger partial charge is 0.260 e. The molecular formula is C20H20N4O2. The monoisotopic (exact) mass is 348 g/mol. The van der Waals surface area contributed by atoms with E-state index in [9.17, 15) is 4.79 Å². The second-order valence-corrected chi connectivity index (χ2v) is 6.22. The predicted molar refractivity (Wildman–Crippen MR) is 98.5 cm³/mol. The molecule has 1 aliphatic rings. The molecule has 0 unspecified atom stereocenters. The zero-order valence-corrected chi connectivity index (χ0v) is 14.4. The van der Waals surface area contributed by atoms with E-state index in [-0.39, 0.29) is 12.0 Å². The summed E-state index contributed by atoms with van der Waals surface area (Å²) in [5, 5.41) is 4.28. The minimum Gasteiger partial charge on any atom is -0.376 e. The van der Waals surface area contributed by atoms with Crippen LogP contribution in [-0.2, 0) is 4.74 Å². The summed E-state index contributed by atoms with van der Waals surface area (Å²) >= 11 is 0. The molecule has 0 N–H and O–H groups in total. The van der Waals surface area contributed by atoms with Gasteiger partial charge in [0.05, 0.1) is 23.9 Å². The molecule has 0 aliphatic carbocycles. The Morgan fingerprint density at radius 3 is 2.73 bits per heavy atom. The Bertz CT molecular complexity index is 859. The van der Waals surface area contributed by atoms with Gasteiger partial charge in [-0.25, -0.2) is 4.68 Å². The van der Waals surface area contributed by atoms with Gasteiger partial charge in [0.25, 0.3) is 5.91 Å². The van der Waals surface area contributed by atoms with Crippen molar-refractivity contribution in [2.24, 2.45) is 0 Å². The number of benzene rings is 1. The molecule has 0 bridgehead atoms. The fourth-order valence-electron chi connectivity index (χ4n) is 3.23. The fourth-order valence-corrected chi connectivity index (χ4v) is 3.23. The number of para-hydroxylation sites is 1. The maximum absolute atomic E-state index is 13.5. The topological polar surface area (TPSA) is 60.2 Å². The van der Waals surface area contributed by atoms with Crippen LogP contribution in [0.4, 0.5) is 5.69 Å². The second-order valence-electron chi connectivity index (χ2n) is 6.22. The third-order valence-electron chi connectivity index (χ3n) is 4.52. The molecule has 0 spiro atoms. The van der Waals surface area contributed by atoms with Crippen LogP contribution in [0.3, 0.4) is 0 Å². The van der Waals surface area contributed by atoms with Crippen LogP contribution in [0, 0.1) is 0 Å². The van der Waals surface area contributed by atoms with Crippen LogP contribution in [0.25, 0.3) is 5.69 Å². The SMILES string of the molecule is O=C(c1ccccc1-n1cccn1)N(C[C@H]1CCCO1)c1ccncc1. The Morgan fingerprint density at radius 2 is 2.00 bits per heavy atom. The largest absolute Gasteiger partial charge is 0.376 e. The number of amides is 1. The summed E-state index contributed by atoms with van der Waals surface area (Å²) in [6.07, 6.45) is 9.00. The van der Waals surface area contributed by atoms with Gasteiger partial charge in [0.1, 0.15) is 0 Å². The van der Waals surface area contributed by atoms with Gasteiger partial charge in [-0.1, -0.05) is 12.1 Å². The van der Waals surface area contributed by atoms with Crippen molar-refractivity contribution in [2.45, 2.75) is 18.9 Å². The van der Waals surface area contributed by atoms with E-state index in [0.29, 0.717) is 12.1 Å². The third kappa shape index (κ3) is 3.36. The molecule has 1 aromatic carbocycles. The lowest BCUT2D eigenvalue weighted by Gasteiger charge is -2.26. The number of aromatic nitrogens is 3. The molecule has 1 saturated heterocycles. The standard InChI is InChI=1S/C20H20N4O2/c25-20(18-6-1-2-7-19(18)24-13-4-10-22-24)23(15-17-5-3-14-26-17)16-8-11-21-12-9-16/h1-2,4,6-13,17H,3,5,14-15H2/t17-/m1/s1. The lowest BCUT2D eigenvalue weighted by Crippen LogP contribution is -2.38. The van der Waals surface area contributed by atoms with Crippen LogP contribution in [0.2, 0.25) is 0 Å². The van der Waals surface area contributed by atoms with Gasteiger partial charge in [0.2, 0.25) is 0 Å². The molecule has 1 aliphatic heterocycles. The van der Waals surface area contributed by atoms with Crippen molar-refractivity contribution >= 4 is 11.6 Å². The molecule has 1 atom stereocenters. The minimum absolute atomic E-state index is 0.0592. The number of nitrogens with zero attached hydrogens (tertiary/aromatic N) is 4. The zero-order valence-electron chi connectivity index (χ0n) is 14.4. The molecule has 0 radical (unpaired) electrons. The molecule has 6 nitrogen and oxygen atoms in total. The molecule has 3 aromatic rings. The lowest BCUT2D eigenvalue weighted by molar-refractivity contribution is 0.0917. The van der Waals surface area contributed by atoms with E-state index in [4.69, 9.17) is 4.74 Å². The van der Waals surface area contributed by atoms with E-state index >= 15 is 0 Å². The normalized spacial score (nSPS) is 16.5. The van der Waals surface area contributed by atoms with Crippen LogP contribution < -0.4 is 4.90 Å². The first-order valence-electron chi connectivity index (χ1n) is 8.75. The van der Waals surface area contributed by atoms with E-state index in [0.717, 1.165) is 30.8 Å². The molecule has 0 saturated carbocycles. The van der Waals surface area contributed by atoms with Crippen molar-refractivity contribution in [1.82, 2.24) is 14.8 Å². The van der Waals surface area contributed by atoms with Gasteiger partial charge in [-0.2, -0.15) is 5.10 Å². The summed E-state index contributed by atoms with van der Waals surface area (Å²) in [6.45, 7) is 1.28. The maximum Gasteiger partial charge on any atom is 0.260 e. The van der Waals surface area contributed by atoms with E-state index in [1.807, 2.05) is 48.7 Å². The van der Waals surface area contributed by atoms with Crippen LogP contribution in [0.5, 0.6) is 0 Å². The Hall–Kier alpha value is -2.99. The van der Waals surface area contributed by atoms with Gasteiger partial charge in [0, 0.05) is 37.1 Å². The summed E-state index contributed by atoms with van der Waals surface area (Å²) in [5.41, 5.74) is 2.18. The molecule has 6 heteroatoms. The van der Waals surface area contributed by atoms with Gasteiger partial charge >= 0.3 is 0 Å². The van der Waals surface area contributed by atoms with Crippen LogP contribution in [0.1, 0.15) is 23.2 Å². The summed E-state index contributed by atoms with van der Waals surface area (Å²) in [7, 11) is 0. The van der Waals surface area contributed by atoms with E-state index in [1.165, 1.54) is 0 Å². The number of carbonyl (C=O) groups is 1. The third-order valence-corrected chi connectivity index (χ3v) is 4.52. The van der Waals surface area contributed by atoms with Crippen LogP contribution in [-0.4, -0.2) is 39.9 Å². The average Bonchev–Trinajstić information content (AvgIpc) is 3.40. The second kappa shape index (κ2) is 7.49. The highest BCUT2D eigenvalue weighted by atomic mass is 16.5. The first-order chi connectivity index (χ1) is 12.8. The van der Waals surface area contributed by atoms with Gasteiger partial charge < -0.3 is 9.64 Å². The van der Waals surface area contributed by atoms with Crippen molar-refractivity contribution in [1.29, 1.82) is 0 Å². The van der Waals surface area contributed by atoms with Crippen molar-refractivity contribution in [2.75, 3.05) is 18.1 Å². The van der Waals surface area contributed by atoms with Crippen LogP contribution in [0.15, 0.2) is 67.3 Å². The Labute approximate surface area is 152 Å². The molecule has 1 fully saturated rings. The number of pyridine rings is 1. The zero-order chi connectivity index (χ0) is 17.8. The van der Waals surface area contributed by atoms with E-state index in [1.54, 1.807) is 28.2 Å². The van der Waals surface area contributed by atoms with Crippen molar-refractivity contribution in [3.63, 3.8) is 0 Å². The molecule has 1 amide bonds. The number of ether oxygens (including phenoxy) is 1. The number of rotatable bonds is 5. The highest BCUT2D eigenvalue weighted by Crippen LogP contribution is 2.23. The maximum atomic E-state index is 13.5. The van der Waals surface area contributed by atoms with E-state index < -0.39 is 0 Å². The number of carbonyl (C=O) groups excluding carboxylic acids is 1.